The molecule has 1 N–H and O–H groups in total. The van der Waals surface area contributed by atoms with E-state index in [2.05, 4.69) is 22.8 Å². The number of hydroxylamine groups is 1. The van der Waals surface area contributed by atoms with Crippen molar-refractivity contribution in [3.05, 3.63) is 41.7 Å². The van der Waals surface area contributed by atoms with E-state index >= 15 is 0 Å². The van der Waals surface area contributed by atoms with Gasteiger partial charge >= 0.3 is 12.1 Å². The molecule has 0 saturated carbocycles. The zero-order valence-electron chi connectivity index (χ0n) is 36.1. The number of ether oxygens (including phenoxy) is 5. The molecule has 13 atom stereocenters. The average molecular weight is 812 g/mol. The van der Waals surface area contributed by atoms with Gasteiger partial charge in [0, 0.05) is 49.8 Å². The lowest BCUT2D eigenvalue weighted by Crippen LogP contribution is -2.61. The normalized spacial score (nSPS) is 38.2. The number of aromatic nitrogens is 1. The molecule has 0 unspecified atom stereocenters. The van der Waals surface area contributed by atoms with Crippen molar-refractivity contribution in [2.24, 2.45) is 23.7 Å². The van der Waals surface area contributed by atoms with Crippen LogP contribution in [0.5, 0.6) is 0 Å². The lowest BCUT2D eigenvalue weighted by atomic mass is 9.73. The molecule has 4 aliphatic heterocycles. The Labute approximate surface area is 342 Å². The first-order valence-electron chi connectivity index (χ1n) is 20.9. The molecule has 6 rings (SSSR count). The Kier molecular flexibility index (Phi) is 13.0. The number of cyclic esters (lactones) is 1. The van der Waals surface area contributed by atoms with Crippen LogP contribution in [-0.4, -0.2) is 141 Å². The minimum Gasteiger partial charge on any atom is -0.623 e. The minimum absolute atomic E-state index is 0.143. The number of methoxy groups -OCH3 is 1. The van der Waals surface area contributed by atoms with E-state index in [0.29, 0.717) is 31.6 Å². The Morgan fingerprint density at radius 1 is 1.03 bits per heavy atom. The summed E-state index contributed by atoms with van der Waals surface area (Å²) >= 11 is 0. The van der Waals surface area contributed by atoms with Crippen LogP contribution in [0.2, 0.25) is 0 Å². The van der Waals surface area contributed by atoms with Gasteiger partial charge < -0.3 is 43.5 Å². The third kappa shape index (κ3) is 8.02. The fourth-order valence-electron chi connectivity index (χ4n) is 10.4. The predicted molar refractivity (Wildman–Crippen MR) is 216 cm³/mol. The Bertz CT molecular complexity index is 1850. The standard InChI is InChI=1S/C43H65N5O10/c1-12-33-43(8)37-27(4)34(47(53)24-46(48(37)41(52)58-43)20-15-19-45-21-18-30-16-13-14-17-31(30)45)25(2)23-42(7,54-11)38(28(5)35(49)29(6)39(51)56-33)57-40-36(50)32(44(9)10)22-26(3)55-40/h13-14,16-18,21,25-29,32-33,36-38,40,50H,12,15,19-20,22-24H2,1-11H3/t25-,26-,27+,28+,29-,32+,33-,36-,37-,38-,40+,42+,43-/m1/s1. The van der Waals surface area contributed by atoms with E-state index in [4.69, 9.17) is 23.7 Å². The third-order valence-corrected chi connectivity index (χ3v) is 13.5. The second-order valence-electron chi connectivity index (χ2n) is 17.7. The molecule has 3 fully saturated rings. The number of ketones is 1. The highest BCUT2D eigenvalue weighted by atomic mass is 16.7. The fourth-order valence-corrected chi connectivity index (χ4v) is 10.4. The number of esters is 1. The Balaban J connectivity index is 1.41. The Morgan fingerprint density at radius 3 is 2.41 bits per heavy atom. The summed E-state index contributed by atoms with van der Waals surface area (Å²) in [6.45, 7) is 15.3. The van der Waals surface area contributed by atoms with Crippen LogP contribution in [0.4, 0.5) is 4.79 Å². The van der Waals surface area contributed by atoms with Gasteiger partial charge in [0.25, 0.3) is 0 Å². The quantitative estimate of drug-likeness (QED) is 0.160. The van der Waals surface area contributed by atoms with Crippen molar-refractivity contribution in [1.82, 2.24) is 19.5 Å². The molecule has 15 heteroatoms. The van der Waals surface area contributed by atoms with Crippen molar-refractivity contribution in [1.29, 1.82) is 0 Å². The predicted octanol–water partition coefficient (Wildman–Crippen LogP) is 4.81. The molecule has 58 heavy (non-hydrogen) atoms. The molecule has 3 saturated heterocycles. The molecule has 1 amide bonds. The third-order valence-electron chi connectivity index (χ3n) is 13.5. The lowest BCUT2D eigenvalue weighted by molar-refractivity contribution is -0.494. The van der Waals surface area contributed by atoms with Crippen molar-refractivity contribution < 1.29 is 47.9 Å². The van der Waals surface area contributed by atoms with Crippen molar-refractivity contribution in [3.63, 3.8) is 0 Å². The van der Waals surface area contributed by atoms with E-state index in [9.17, 15) is 24.7 Å². The van der Waals surface area contributed by atoms with Crippen molar-refractivity contribution in [2.75, 3.05) is 34.4 Å². The largest absolute Gasteiger partial charge is 0.623 e. The van der Waals surface area contributed by atoms with Gasteiger partial charge in [0.15, 0.2) is 23.4 Å². The summed E-state index contributed by atoms with van der Waals surface area (Å²) in [4.78, 5) is 44.6. The van der Waals surface area contributed by atoms with E-state index in [1.165, 1.54) is 14.0 Å². The molecule has 0 radical (unpaired) electrons. The first kappa shape index (κ1) is 44.0. The maximum absolute atomic E-state index is 14.7. The molecular formula is C43H65N5O10. The summed E-state index contributed by atoms with van der Waals surface area (Å²) in [6, 6.07) is 9.18. The Morgan fingerprint density at radius 2 is 1.74 bits per heavy atom. The monoisotopic (exact) mass is 811 g/mol. The van der Waals surface area contributed by atoms with Gasteiger partial charge in [-0.15, -0.1) is 0 Å². The number of fused-ring (bicyclic) bond motifs is 2. The zero-order chi connectivity index (χ0) is 42.4. The maximum Gasteiger partial charge on any atom is 0.425 e. The number of aliphatic hydroxyl groups is 1. The topological polar surface area (TPSA) is 158 Å². The number of aliphatic hydroxyl groups excluding tert-OH is 1. The lowest BCUT2D eigenvalue weighted by Gasteiger charge is -2.47. The van der Waals surface area contributed by atoms with Crippen LogP contribution in [0.3, 0.4) is 0 Å². The molecule has 0 aliphatic carbocycles. The number of amides is 1. The number of hydrogen-bond donors (Lipinski definition) is 1. The number of aryl methyl sites for hydroxylation is 1. The number of hydrazine groups is 1. The second-order valence-corrected chi connectivity index (χ2v) is 17.7. The van der Waals surface area contributed by atoms with Crippen molar-refractivity contribution >= 4 is 34.5 Å². The van der Waals surface area contributed by atoms with Gasteiger partial charge in [-0.2, -0.15) is 9.75 Å². The minimum atomic E-state index is -1.38. The molecule has 1 aromatic heterocycles. The number of hydrogen-bond acceptors (Lipinski definition) is 12. The molecule has 5 heterocycles. The van der Waals surface area contributed by atoms with E-state index in [1.54, 1.807) is 23.9 Å². The second kappa shape index (κ2) is 17.2. The summed E-state index contributed by atoms with van der Waals surface area (Å²) in [5, 5.41) is 30.7. The highest BCUT2D eigenvalue weighted by Crippen LogP contribution is 2.45. The molecule has 15 nitrogen and oxygen atoms in total. The number of carbonyl (C=O) groups is 3. The van der Waals surface area contributed by atoms with Gasteiger partial charge in [0.2, 0.25) is 6.67 Å². The number of para-hydroxylation sites is 1. The van der Waals surface area contributed by atoms with Crippen molar-refractivity contribution in [3.8, 4) is 0 Å². The summed E-state index contributed by atoms with van der Waals surface area (Å²) in [7, 11) is 5.30. The molecule has 2 aromatic rings. The highest BCUT2D eigenvalue weighted by molar-refractivity contribution is 6.00. The molecule has 0 spiro atoms. The smallest absolute Gasteiger partial charge is 0.425 e. The number of rotatable bonds is 9. The molecular weight excluding hydrogens is 746 g/mol. The first-order chi connectivity index (χ1) is 27.4. The summed E-state index contributed by atoms with van der Waals surface area (Å²) in [5.41, 5.74) is -1.01. The van der Waals surface area contributed by atoms with Gasteiger partial charge in [0.1, 0.15) is 24.2 Å². The first-order valence-corrected chi connectivity index (χ1v) is 20.9. The van der Waals surface area contributed by atoms with E-state index in [1.807, 2.05) is 71.9 Å². The number of likely N-dealkylation sites (N-methyl/N-ethyl adjacent to an activating group) is 1. The molecule has 322 valence electrons. The van der Waals surface area contributed by atoms with Crippen LogP contribution in [-0.2, 0) is 39.8 Å². The SMILES string of the molecule is CC[C@H]1OC(=O)[C@H](C)C(=O)[C@H](C)[C@@H](O[C@@H]2O[C@H](C)C[C@H](N(C)C)[C@H]2O)[C@@](C)(OC)C[C@@H](C)C2=[N+]([O-])CN(CCCn3ccc4ccccc43)N3C(=O)O[C@@]1(C)[C@H]3[C@H]2C. The number of Topliss-reactive ketones (excluding diaryl/α,β-unsaturated/α-hetero) is 1. The van der Waals surface area contributed by atoms with Crippen LogP contribution in [0.15, 0.2) is 36.5 Å². The van der Waals surface area contributed by atoms with E-state index in [0.717, 1.165) is 15.6 Å². The average Bonchev–Trinajstić information content (AvgIpc) is 3.68. The highest BCUT2D eigenvalue weighted by Gasteiger charge is 2.63. The summed E-state index contributed by atoms with van der Waals surface area (Å²) < 4.78 is 34.8. The van der Waals surface area contributed by atoms with Crippen LogP contribution >= 0.6 is 0 Å². The van der Waals surface area contributed by atoms with Crippen LogP contribution in [0.25, 0.3) is 10.9 Å². The fraction of sp³-hybridized carbons (Fsp3) is 0.721. The van der Waals surface area contributed by atoms with Crippen LogP contribution in [0.1, 0.15) is 81.1 Å². The number of benzene rings is 1. The Hall–Kier alpha value is -3.60. The summed E-state index contributed by atoms with van der Waals surface area (Å²) in [6.07, 6.45) is -1.28. The molecule has 2 bridgehead atoms. The number of nitrogens with zero attached hydrogens (tertiary/aromatic N) is 5. The van der Waals surface area contributed by atoms with Crippen LogP contribution < -0.4 is 0 Å². The van der Waals surface area contributed by atoms with Gasteiger partial charge in [-0.25, -0.2) is 9.80 Å². The molecule has 4 aliphatic rings. The maximum atomic E-state index is 14.7. The van der Waals surface area contributed by atoms with Gasteiger partial charge in [-0.05, 0) is 85.0 Å². The number of carbonyl (C=O) groups excluding carboxylic acids is 3. The summed E-state index contributed by atoms with van der Waals surface area (Å²) in [5.74, 6) is -4.39. The van der Waals surface area contributed by atoms with Crippen molar-refractivity contribution in [2.45, 2.75) is 142 Å². The van der Waals surface area contributed by atoms with Crippen LogP contribution in [0, 0.1) is 28.9 Å². The van der Waals surface area contributed by atoms with E-state index in [-0.39, 0.29) is 31.7 Å². The van der Waals surface area contributed by atoms with Gasteiger partial charge in [-0.3, -0.25) is 9.59 Å². The molecule has 1 aromatic carbocycles. The zero-order valence-corrected chi connectivity index (χ0v) is 36.1. The van der Waals surface area contributed by atoms with E-state index < -0.39 is 83.4 Å². The van der Waals surface area contributed by atoms with Gasteiger partial charge in [0.05, 0.1) is 23.7 Å². The van der Waals surface area contributed by atoms with Gasteiger partial charge in [-0.1, -0.05) is 45.9 Å².